The molecule has 3 rings (SSSR count). The molecule has 0 saturated carbocycles. The third kappa shape index (κ3) is 7.77. The van der Waals surface area contributed by atoms with Gasteiger partial charge in [0.15, 0.2) is 0 Å². The molecule has 0 bridgehead atoms. The van der Waals surface area contributed by atoms with Crippen LogP contribution in [0.25, 0.3) is 0 Å². The van der Waals surface area contributed by atoms with E-state index in [1.54, 1.807) is 24.5 Å². The van der Waals surface area contributed by atoms with E-state index in [4.69, 9.17) is 0 Å². The SMILES string of the molecule is CC(C)CN(C)Cc1cc(C(=O)Nc2cccc(C(C)(C)Cc3nncn3C)c2)c(=O)n(CC(F)(F)F)c1. The molecule has 0 atom stereocenters. The van der Waals surface area contributed by atoms with Gasteiger partial charge in [-0.05, 0) is 47.7 Å². The Bertz CT molecular complexity index is 1330. The van der Waals surface area contributed by atoms with Crippen LogP contribution in [0, 0.1) is 5.92 Å². The molecular formula is C27H35F3N6O2. The second-order valence-electron chi connectivity index (χ2n) is 10.9. The number of benzene rings is 1. The summed E-state index contributed by atoms with van der Waals surface area (Å²) in [7, 11) is 3.70. The number of halogens is 3. The van der Waals surface area contributed by atoms with Crippen LogP contribution in [0.15, 0.2) is 47.7 Å². The number of amides is 1. The van der Waals surface area contributed by atoms with Crippen LogP contribution in [0.3, 0.4) is 0 Å². The highest BCUT2D eigenvalue weighted by Gasteiger charge is 2.30. The number of hydrogen-bond donors (Lipinski definition) is 1. The van der Waals surface area contributed by atoms with Crippen LogP contribution in [0.4, 0.5) is 18.9 Å². The quantitative estimate of drug-likeness (QED) is 0.419. The molecule has 0 radical (unpaired) electrons. The average molecular weight is 533 g/mol. The molecule has 0 aliphatic heterocycles. The number of alkyl halides is 3. The van der Waals surface area contributed by atoms with Crippen LogP contribution >= 0.6 is 0 Å². The summed E-state index contributed by atoms with van der Waals surface area (Å²) in [5.41, 5.74) is 0.101. The zero-order valence-electron chi connectivity index (χ0n) is 22.6. The molecule has 11 heteroatoms. The molecule has 3 aromatic rings. The number of pyridine rings is 1. The van der Waals surface area contributed by atoms with Gasteiger partial charge in [-0.25, -0.2) is 0 Å². The molecule has 2 heterocycles. The van der Waals surface area contributed by atoms with E-state index in [0.29, 0.717) is 41.2 Å². The summed E-state index contributed by atoms with van der Waals surface area (Å²) in [5.74, 6) is 0.380. The fourth-order valence-corrected chi connectivity index (χ4v) is 4.44. The minimum Gasteiger partial charge on any atom is -0.322 e. The molecule has 1 amide bonds. The first-order valence-corrected chi connectivity index (χ1v) is 12.4. The van der Waals surface area contributed by atoms with Gasteiger partial charge in [0.1, 0.15) is 24.3 Å². The molecule has 0 spiro atoms. The fraction of sp³-hybridized carbons (Fsp3) is 0.481. The van der Waals surface area contributed by atoms with Crippen LogP contribution in [0.2, 0.25) is 0 Å². The highest BCUT2D eigenvalue weighted by Crippen LogP contribution is 2.29. The van der Waals surface area contributed by atoms with E-state index in [2.05, 4.69) is 15.5 Å². The van der Waals surface area contributed by atoms with Crippen molar-refractivity contribution in [2.75, 3.05) is 18.9 Å². The molecular weight excluding hydrogens is 497 g/mol. The maximum atomic E-state index is 13.2. The van der Waals surface area contributed by atoms with Gasteiger partial charge in [0.05, 0.1) is 0 Å². The van der Waals surface area contributed by atoms with Gasteiger partial charge >= 0.3 is 6.18 Å². The number of carbonyl (C=O) groups is 1. The topological polar surface area (TPSA) is 85.1 Å². The predicted octanol–water partition coefficient (Wildman–Crippen LogP) is 4.40. The first kappa shape index (κ1) is 29.1. The van der Waals surface area contributed by atoms with Gasteiger partial charge in [-0.1, -0.05) is 39.8 Å². The number of carbonyl (C=O) groups excluding carboxylic acids is 1. The van der Waals surface area contributed by atoms with Gasteiger partial charge in [-0.3, -0.25) is 9.59 Å². The van der Waals surface area contributed by atoms with Crippen molar-refractivity contribution in [3.05, 3.63) is 75.7 Å². The molecule has 0 saturated heterocycles. The maximum absolute atomic E-state index is 13.2. The highest BCUT2D eigenvalue weighted by molar-refractivity contribution is 6.04. The Labute approximate surface area is 220 Å². The number of aryl methyl sites for hydroxylation is 1. The molecule has 38 heavy (non-hydrogen) atoms. The van der Waals surface area contributed by atoms with E-state index in [0.717, 1.165) is 11.4 Å². The summed E-state index contributed by atoms with van der Waals surface area (Å²) in [6.45, 7) is 7.66. The second-order valence-corrected chi connectivity index (χ2v) is 10.9. The lowest BCUT2D eigenvalue weighted by Gasteiger charge is -2.25. The lowest BCUT2D eigenvalue weighted by Crippen LogP contribution is -2.34. The van der Waals surface area contributed by atoms with Crippen molar-refractivity contribution in [1.29, 1.82) is 0 Å². The Morgan fingerprint density at radius 3 is 2.50 bits per heavy atom. The Balaban J connectivity index is 1.90. The van der Waals surface area contributed by atoms with Crippen LogP contribution in [-0.2, 0) is 32.0 Å². The van der Waals surface area contributed by atoms with Gasteiger partial charge in [-0.15, -0.1) is 10.2 Å². The Morgan fingerprint density at radius 2 is 1.89 bits per heavy atom. The summed E-state index contributed by atoms with van der Waals surface area (Å²) in [6, 6.07) is 8.55. The number of rotatable bonds is 10. The van der Waals surface area contributed by atoms with Crippen molar-refractivity contribution in [2.45, 2.75) is 58.8 Å². The molecule has 0 unspecified atom stereocenters. The molecule has 0 aliphatic rings. The molecule has 2 aromatic heterocycles. The third-order valence-corrected chi connectivity index (χ3v) is 6.17. The van der Waals surface area contributed by atoms with Crippen molar-refractivity contribution >= 4 is 11.6 Å². The van der Waals surface area contributed by atoms with Crippen molar-refractivity contribution in [2.24, 2.45) is 13.0 Å². The minimum absolute atomic E-state index is 0.294. The lowest BCUT2D eigenvalue weighted by atomic mass is 9.81. The van der Waals surface area contributed by atoms with E-state index in [1.165, 1.54) is 12.3 Å². The number of hydrogen-bond acceptors (Lipinski definition) is 5. The summed E-state index contributed by atoms with van der Waals surface area (Å²) in [4.78, 5) is 28.0. The van der Waals surface area contributed by atoms with Gasteiger partial charge in [0.25, 0.3) is 11.5 Å². The summed E-state index contributed by atoms with van der Waals surface area (Å²) >= 11 is 0. The third-order valence-electron chi connectivity index (χ3n) is 6.17. The van der Waals surface area contributed by atoms with Crippen LogP contribution in [0.1, 0.15) is 55.0 Å². The number of anilines is 1. The zero-order chi connectivity index (χ0) is 28.3. The molecule has 1 N–H and O–H groups in total. The molecule has 206 valence electrons. The van der Waals surface area contributed by atoms with Crippen molar-refractivity contribution in [3.8, 4) is 0 Å². The van der Waals surface area contributed by atoms with Gasteiger partial charge in [-0.2, -0.15) is 13.2 Å². The zero-order valence-corrected chi connectivity index (χ0v) is 22.6. The van der Waals surface area contributed by atoms with E-state index in [1.807, 2.05) is 57.3 Å². The van der Waals surface area contributed by atoms with Crippen molar-refractivity contribution < 1.29 is 18.0 Å². The van der Waals surface area contributed by atoms with Crippen molar-refractivity contribution in [1.82, 2.24) is 24.2 Å². The molecule has 1 aromatic carbocycles. The lowest BCUT2D eigenvalue weighted by molar-refractivity contribution is -0.141. The van der Waals surface area contributed by atoms with Crippen LogP contribution in [-0.4, -0.2) is 49.9 Å². The standard InChI is InChI=1S/C27H35F3N6O2/c1-18(2)13-34(5)14-19-10-22(25(38)36(15-19)16-27(28,29)30)24(37)32-21-9-7-8-20(11-21)26(3,4)12-23-33-31-17-35(23)6/h7-11,15,17-18H,12-14,16H2,1-6H3,(H,32,37). The number of aromatic nitrogens is 4. The number of nitrogens with zero attached hydrogens (tertiary/aromatic N) is 5. The summed E-state index contributed by atoms with van der Waals surface area (Å²) < 4.78 is 42.0. The molecule has 0 aliphatic carbocycles. The average Bonchev–Trinajstić information content (AvgIpc) is 3.18. The number of nitrogens with one attached hydrogen (secondary N) is 1. The Kier molecular flexibility index (Phi) is 8.81. The predicted molar refractivity (Wildman–Crippen MR) is 140 cm³/mol. The van der Waals surface area contributed by atoms with E-state index in [9.17, 15) is 22.8 Å². The van der Waals surface area contributed by atoms with Gasteiger partial charge in [0, 0.05) is 38.4 Å². The Morgan fingerprint density at radius 1 is 1.18 bits per heavy atom. The van der Waals surface area contributed by atoms with E-state index in [-0.39, 0.29) is 11.0 Å². The molecule has 8 nitrogen and oxygen atoms in total. The largest absolute Gasteiger partial charge is 0.406 e. The van der Waals surface area contributed by atoms with Crippen molar-refractivity contribution in [3.63, 3.8) is 0 Å². The first-order chi connectivity index (χ1) is 17.6. The smallest absolute Gasteiger partial charge is 0.322 e. The van der Waals surface area contributed by atoms with Crippen LogP contribution in [0.5, 0.6) is 0 Å². The Hall–Kier alpha value is -3.47. The van der Waals surface area contributed by atoms with E-state index < -0.39 is 24.2 Å². The second kappa shape index (κ2) is 11.5. The summed E-state index contributed by atoms with van der Waals surface area (Å²) in [5, 5.41) is 10.8. The fourth-order valence-electron chi connectivity index (χ4n) is 4.44. The monoisotopic (exact) mass is 532 g/mol. The molecule has 0 fully saturated rings. The maximum Gasteiger partial charge on any atom is 0.406 e. The normalized spacial score (nSPS) is 12.4. The van der Waals surface area contributed by atoms with E-state index >= 15 is 0 Å². The highest BCUT2D eigenvalue weighted by atomic mass is 19.4. The minimum atomic E-state index is -4.61. The van der Waals surface area contributed by atoms with Gasteiger partial charge < -0.3 is 19.4 Å². The first-order valence-electron chi connectivity index (χ1n) is 12.4. The van der Waals surface area contributed by atoms with Crippen LogP contribution < -0.4 is 10.9 Å². The summed E-state index contributed by atoms with van der Waals surface area (Å²) in [6.07, 6.45) is -1.21. The van der Waals surface area contributed by atoms with Gasteiger partial charge in [0.2, 0.25) is 0 Å².